The van der Waals surface area contributed by atoms with Gasteiger partial charge in [0.05, 0.1) is 0 Å². The average Bonchev–Trinajstić information content (AvgIpc) is 2.99. The fraction of sp³-hybridized carbons (Fsp3) is 0.692. The molecule has 1 N–H and O–H groups in total. The van der Waals surface area contributed by atoms with Gasteiger partial charge in [0.25, 0.3) is 0 Å². The van der Waals surface area contributed by atoms with Crippen molar-refractivity contribution in [2.45, 2.75) is 32.1 Å². The molecule has 2 aliphatic rings. The van der Waals surface area contributed by atoms with Crippen molar-refractivity contribution in [2.24, 2.45) is 5.92 Å². The van der Waals surface area contributed by atoms with Crippen LogP contribution in [0, 0.1) is 5.92 Å². The Morgan fingerprint density at radius 1 is 1.35 bits per heavy atom. The predicted octanol–water partition coefficient (Wildman–Crippen LogP) is 1.80. The summed E-state index contributed by atoms with van der Waals surface area (Å²) in [6.45, 7) is 2.87. The van der Waals surface area contributed by atoms with Gasteiger partial charge in [-0.1, -0.05) is 0 Å². The van der Waals surface area contributed by atoms with Crippen molar-refractivity contribution >= 4 is 5.82 Å². The zero-order chi connectivity index (χ0) is 11.5. The number of aryl methyl sites for hydroxylation is 1. The summed E-state index contributed by atoms with van der Waals surface area (Å²) in [6.07, 6.45) is 7.54. The smallest absolute Gasteiger partial charge is 0.132 e. The molecule has 0 radical (unpaired) electrons. The van der Waals surface area contributed by atoms with Crippen LogP contribution in [0.15, 0.2) is 6.33 Å². The summed E-state index contributed by atoms with van der Waals surface area (Å²) in [5.74, 6) is 1.80. The van der Waals surface area contributed by atoms with Crippen LogP contribution in [0.25, 0.3) is 0 Å². The van der Waals surface area contributed by atoms with Gasteiger partial charge in [-0.25, -0.2) is 9.97 Å². The van der Waals surface area contributed by atoms with Gasteiger partial charge in [-0.05, 0) is 38.0 Å². The Morgan fingerprint density at radius 3 is 3.24 bits per heavy atom. The van der Waals surface area contributed by atoms with E-state index in [1.165, 1.54) is 30.5 Å². The van der Waals surface area contributed by atoms with Gasteiger partial charge in [-0.2, -0.15) is 0 Å². The number of nitrogens with zero attached hydrogens (tertiary/aromatic N) is 2. The zero-order valence-electron chi connectivity index (χ0n) is 10.1. The summed E-state index contributed by atoms with van der Waals surface area (Å²) in [7, 11) is 0. The maximum absolute atomic E-state index is 5.38. The Bertz CT molecular complexity index is 388. The molecule has 1 aliphatic carbocycles. The van der Waals surface area contributed by atoms with Crippen LogP contribution in [-0.4, -0.2) is 29.7 Å². The fourth-order valence-electron chi connectivity index (χ4n) is 2.72. The van der Waals surface area contributed by atoms with Crippen molar-refractivity contribution in [3.05, 3.63) is 17.6 Å². The van der Waals surface area contributed by atoms with Gasteiger partial charge in [-0.15, -0.1) is 0 Å². The minimum atomic E-state index is 0.734. The van der Waals surface area contributed by atoms with Crippen LogP contribution < -0.4 is 5.32 Å². The third-order valence-electron chi connectivity index (χ3n) is 3.74. The van der Waals surface area contributed by atoms with E-state index >= 15 is 0 Å². The van der Waals surface area contributed by atoms with E-state index in [4.69, 9.17) is 4.74 Å². The van der Waals surface area contributed by atoms with E-state index in [0.29, 0.717) is 0 Å². The second-order valence-electron chi connectivity index (χ2n) is 4.95. The van der Waals surface area contributed by atoms with Gasteiger partial charge in [0.1, 0.15) is 12.1 Å². The Labute approximate surface area is 102 Å². The second kappa shape index (κ2) is 5.00. The molecule has 1 atom stereocenters. The summed E-state index contributed by atoms with van der Waals surface area (Å²) in [5, 5.41) is 3.47. The van der Waals surface area contributed by atoms with Crippen LogP contribution in [-0.2, 0) is 17.6 Å². The third-order valence-corrected chi connectivity index (χ3v) is 3.74. The van der Waals surface area contributed by atoms with Gasteiger partial charge < -0.3 is 10.1 Å². The van der Waals surface area contributed by atoms with Gasteiger partial charge >= 0.3 is 0 Å². The lowest BCUT2D eigenvalue weighted by Gasteiger charge is -2.11. The summed E-state index contributed by atoms with van der Waals surface area (Å²) in [5.41, 5.74) is 2.59. The lowest BCUT2D eigenvalue weighted by molar-refractivity contribution is 0.185. The average molecular weight is 233 g/mol. The molecule has 1 unspecified atom stereocenters. The molecule has 0 bridgehead atoms. The monoisotopic (exact) mass is 233 g/mol. The Hall–Kier alpha value is -1.16. The fourth-order valence-corrected chi connectivity index (χ4v) is 2.72. The van der Waals surface area contributed by atoms with E-state index in [-0.39, 0.29) is 0 Å². The molecule has 0 amide bonds. The minimum Gasteiger partial charge on any atom is -0.381 e. The molecular formula is C13H19N3O. The molecule has 1 aliphatic heterocycles. The number of hydrogen-bond acceptors (Lipinski definition) is 4. The highest BCUT2D eigenvalue weighted by Gasteiger charge is 2.18. The van der Waals surface area contributed by atoms with Crippen molar-refractivity contribution < 1.29 is 4.74 Å². The first-order valence-corrected chi connectivity index (χ1v) is 6.58. The number of ether oxygens (including phenoxy) is 1. The van der Waals surface area contributed by atoms with Crippen molar-refractivity contribution in [1.82, 2.24) is 9.97 Å². The molecule has 1 aromatic rings. The summed E-state index contributed by atoms with van der Waals surface area (Å²) in [6, 6.07) is 0. The molecule has 0 spiro atoms. The van der Waals surface area contributed by atoms with Crippen LogP contribution in [0.2, 0.25) is 0 Å². The molecule has 1 fully saturated rings. The van der Waals surface area contributed by atoms with E-state index in [1.54, 1.807) is 6.33 Å². The highest BCUT2D eigenvalue weighted by atomic mass is 16.5. The van der Waals surface area contributed by atoms with Gasteiger partial charge in [-0.3, -0.25) is 0 Å². The highest BCUT2D eigenvalue weighted by Crippen LogP contribution is 2.25. The lowest BCUT2D eigenvalue weighted by Crippen LogP contribution is -2.11. The van der Waals surface area contributed by atoms with Crippen molar-refractivity contribution in [3.63, 3.8) is 0 Å². The van der Waals surface area contributed by atoms with Crippen molar-refractivity contribution in [1.29, 1.82) is 0 Å². The number of hydrogen-bond donors (Lipinski definition) is 1. The number of aromatic nitrogens is 2. The third kappa shape index (κ3) is 2.41. The molecule has 92 valence electrons. The number of rotatable bonds is 4. The molecule has 0 saturated carbocycles. The maximum atomic E-state index is 5.38. The molecule has 1 saturated heterocycles. The molecule has 4 nitrogen and oxygen atoms in total. The molecular weight excluding hydrogens is 214 g/mol. The Kier molecular flexibility index (Phi) is 3.22. The summed E-state index contributed by atoms with van der Waals surface area (Å²) in [4.78, 5) is 8.70. The normalized spacial score (nSPS) is 22.7. The predicted molar refractivity (Wildman–Crippen MR) is 66.1 cm³/mol. The first-order chi connectivity index (χ1) is 8.43. The van der Waals surface area contributed by atoms with Crippen LogP contribution in [0.1, 0.15) is 30.5 Å². The highest BCUT2D eigenvalue weighted by molar-refractivity contribution is 5.47. The van der Waals surface area contributed by atoms with E-state index in [2.05, 4.69) is 15.3 Å². The van der Waals surface area contributed by atoms with Crippen LogP contribution in [0.5, 0.6) is 0 Å². The summed E-state index contributed by atoms with van der Waals surface area (Å²) >= 11 is 0. The van der Waals surface area contributed by atoms with E-state index in [9.17, 15) is 0 Å². The molecule has 17 heavy (non-hydrogen) atoms. The van der Waals surface area contributed by atoms with E-state index < -0.39 is 0 Å². The number of anilines is 1. The number of fused-ring (bicyclic) bond motifs is 1. The molecule has 3 rings (SSSR count). The SMILES string of the molecule is c1nc2c(c(NCCC3CCOC3)n1)CCC2. The van der Waals surface area contributed by atoms with E-state index in [1.807, 2.05) is 0 Å². The Balaban J connectivity index is 1.56. The van der Waals surface area contributed by atoms with Gasteiger partial charge in [0.2, 0.25) is 0 Å². The Morgan fingerprint density at radius 2 is 2.35 bits per heavy atom. The first kappa shape index (κ1) is 11.0. The quantitative estimate of drug-likeness (QED) is 0.861. The lowest BCUT2D eigenvalue weighted by atomic mass is 10.1. The molecule has 0 aromatic carbocycles. The molecule has 4 heteroatoms. The summed E-state index contributed by atoms with van der Waals surface area (Å²) < 4.78 is 5.38. The second-order valence-corrected chi connectivity index (χ2v) is 4.95. The standard InChI is InChI=1S/C13H19N3O/c1-2-11-12(3-1)15-9-16-13(11)14-6-4-10-5-7-17-8-10/h9-10H,1-8H2,(H,14,15,16). The zero-order valence-corrected chi connectivity index (χ0v) is 10.1. The van der Waals surface area contributed by atoms with E-state index in [0.717, 1.165) is 44.3 Å². The maximum Gasteiger partial charge on any atom is 0.132 e. The molecule has 2 heterocycles. The molecule has 1 aromatic heterocycles. The topological polar surface area (TPSA) is 47.0 Å². The first-order valence-electron chi connectivity index (χ1n) is 6.58. The largest absolute Gasteiger partial charge is 0.381 e. The minimum absolute atomic E-state index is 0.734. The number of nitrogens with one attached hydrogen (secondary N) is 1. The van der Waals surface area contributed by atoms with Crippen molar-refractivity contribution in [3.8, 4) is 0 Å². The van der Waals surface area contributed by atoms with Crippen LogP contribution >= 0.6 is 0 Å². The van der Waals surface area contributed by atoms with Crippen molar-refractivity contribution in [2.75, 3.05) is 25.1 Å². The van der Waals surface area contributed by atoms with Crippen LogP contribution in [0.3, 0.4) is 0 Å². The van der Waals surface area contributed by atoms with Gasteiger partial charge in [0.15, 0.2) is 0 Å². The van der Waals surface area contributed by atoms with Crippen LogP contribution in [0.4, 0.5) is 5.82 Å². The van der Waals surface area contributed by atoms with Gasteiger partial charge in [0, 0.05) is 31.0 Å².